The van der Waals surface area contributed by atoms with Crippen LogP contribution >= 0.6 is 0 Å². The summed E-state index contributed by atoms with van der Waals surface area (Å²) in [6.45, 7) is 5.87. The number of hydrogen-bond donors (Lipinski definition) is 3. The standard InChI is InChI=1S/C11H24N2O3/c1-4-11(2,15)9-12-6-5-10(14)13-7-8-16-3/h12,15H,4-9H2,1-3H3,(H,13,14). The Morgan fingerprint density at radius 3 is 2.69 bits per heavy atom. The van der Waals surface area contributed by atoms with Crippen LogP contribution in [0.15, 0.2) is 0 Å². The van der Waals surface area contributed by atoms with Crippen LogP contribution in [0.4, 0.5) is 0 Å². The zero-order valence-electron chi connectivity index (χ0n) is 10.5. The molecule has 0 aromatic rings. The molecule has 0 heterocycles. The molecule has 1 atom stereocenters. The Kier molecular flexibility index (Phi) is 8.15. The van der Waals surface area contributed by atoms with Crippen molar-refractivity contribution >= 4 is 5.91 Å². The van der Waals surface area contributed by atoms with Crippen LogP contribution in [-0.4, -0.2) is 50.0 Å². The fourth-order valence-electron chi connectivity index (χ4n) is 1.07. The lowest BCUT2D eigenvalue weighted by Crippen LogP contribution is -2.39. The van der Waals surface area contributed by atoms with Gasteiger partial charge in [-0.1, -0.05) is 6.92 Å². The van der Waals surface area contributed by atoms with Gasteiger partial charge in [0.2, 0.25) is 5.91 Å². The fourth-order valence-corrected chi connectivity index (χ4v) is 1.07. The van der Waals surface area contributed by atoms with Crippen molar-refractivity contribution in [3.05, 3.63) is 0 Å². The van der Waals surface area contributed by atoms with Gasteiger partial charge in [0.05, 0.1) is 12.2 Å². The Morgan fingerprint density at radius 2 is 2.12 bits per heavy atom. The van der Waals surface area contributed by atoms with Crippen molar-refractivity contribution in [3.8, 4) is 0 Å². The number of methoxy groups -OCH3 is 1. The Bertz CT molecular complexity index is 196. The maximum atomic E-state index is 11.2. The van der Waals surface area contributed by atoms with Gasteiger partial charge in [0, 0.05) is 33.2 Å². The molecule has 0 aliphatic heterocycles. The molecular weight excluding hydrogens is 208 g/mol. The van der Waals surface area contributed by atoms with E-state index in [2.05, 4.69) is 10.6 Å². The average Bonchev–Trinajstić information content (AvgIpc) is 2.25. The van der Waals surface area contributed by atoms with E-state index in [4.69, 9.17) is 4.74 Å². The topological polar surface area (TPSA) is 70.6 Å². The molecule has 1 unspecified atom stereocenters. The fraction of sp³-hybridized carbons (Fsp3) is 0.909. The van der Waals surface area contributed by atoms with Gasteiger partial charge in [-0.05, 0) is 13.3 Å². The second-order valence-corrected chi connectivity index (χ2v) is 4.12. The minimum atomic E-state index is -0.688. The molecular formula is C11H24N2O3. The molecule has 0 bridgehead atoms. The highest BCUT2D eigenvalue weighted by Crippen LogP contribution is 2.05. The molecule has 0 fully saturated rings. The summed E-state index contributed by atoms with van der Waals surface area (Å²) in [5.74, 6) is 0.000640. The van der Waals surface area contributed by atoms with E-state index in [0.717, 1.165) is 0 Å². The van der Waals surface area contributed by atoms with Crippen LogP contribution in [0.5, 0.6) is 0 Å². The van der Waals surface area contributed by atoms with E-state index in [1.54, 1.807) is 14.0 Å². The molecule has 5 heteroatoms. The van der Waals surface area contributed by atoms with Gasteiger partial charge < -0.3 is 20.5 Å². The Labute approximate surface area is 97.6 Å². The van der Waals surface area contributed by atoms with Crippen LogP contribution in [-0.2, 0) is 9.53 Å². The van der Waals surface area contributed by atoms with Crippen molar-refractivity contribution < 1.29 is 14.6 Å². The summed E-state index contributed by atoms with van der Waals surface area (Å²) >= 11 is 0. The zero-order chi connectivity index (χ0) is 12.4. The molecule has 0 rings (SSSR count). The lowest BCUT2D eigenvalue weighted by atomic mass is 10.0. The van der Waals surface area contributed by atoms with E-state index in [9.17, 15) is 9.90 Å². The van der Waals surface area contributed by atoms with E-state index < -0.39 is 5.60 Å². The Hall–Kier alpha value is -0.650. The summed E-state index contributed by atoms with van der Waals surface area (Å²) in [5, 5.41) is 15.5. The quantitative estimate of drug-likeness (QED) is 0.485. The van der Waals surface area contributed by atoms with Gasteiger partial charge in [-0.2, -0.15) is 0 Å². The third-order valence-corrected chi connectivity index (χ3v) is 2.42. The molecule has 0 spiro atoms. The largest absolute Gasteiger partial charge is 0.389 e. The third kappa shape index (κ3) is 8.64. The number of nitrogens with one attached hydrogen (secondary N) is 2. The average molecular weight is 232 g/mol. The van der Waals surface area contributed by atoms with Crippen LogP contribution in [0.25, 0.3) is 0 Å². The summed E-state index contributed by atoms with van der Waals surface area (Å²) in [6.07, 6.45) is 1.11. The summed E-state index contributed by atoms with van der Waals surface area (Å²) < 4.78 is 4.81. The first-order valence-electron chi connectivity index (χ1n) is 5.70. The Morgan fingerprint density at radius 1 is 1.44 bits per heavy atom. The van der Waals surface area contributed by atoms with Crippen molar-refractivity contribution in [3.63, 3.8) is 0 Å². The van der Waals surface area contributed by atoms with Crippen LogP contribution in [0.2, 0.25) is 0 Å². The monoisotopic (exact) mass is 232 g/mol. The van der Waals surface area contributed by atoms with E-state index in [-0.39, 0.29) is 5.91 Å². The van der Waals surface area contributed by atoms with Crippen molar-refractivity contribution in [2.24, 2.45) is 0 Å². The van der Waals surface area contributed by atoms with Gasteiger partial charge >= 0.3 is 0 Å². The van der Waals surface area contributed by atoms with E-state index in [1.807, 2.05) is 6.92 Å². The smallest absolute Gasteiger partial charge is 0.221 e. The lowest BCUT2D eigenvalue weighted by molar-refractivity contribution is -0.121. The van der Waals surface area contributed by atoms with Crippen molar-refractivity contribution in [2.45, 2.75) is 32.3 Å². The number of carbonyl (C=O) groups is 1. The summed E-state index contributed by atoms with van der Waals surface area (Å²) in [7, 11) is 1.60. The second kappa shape index (κ2) is 8.50. The van der Waals surface area contributed by atoms with Gasteiger partial charge in [0.1, 0.15) is 0 Å². The van der Waals surface area contributed by atoms with E-state index in [0.29, 0.717) is 39.1 Å². The number of amides is 1. The minimum Gasteiger partial charge on any atom is -0.389 e. The van der Waals surface area contributed by atoms with E-state index in [1.165, 1.54) is 0 Å². The molecule has 96 valence electrons. The molecule has 16 heavy (non-hydrogen) atoms. The van der Waals surface area contributed by atoms with Gasteiger partial charge in [-0.3, -0.25) is 4.79 Å². The predicted molar refractivity (Wildman–Crippen MR) is 63.3 cm³/mol. The van der Waals surface area contributed by atoms with E-state index >= 15 is 0 Å². The number of hydrogen-bond acceptors (Lipinski definition) is 4. The van der Waals surface area contributed by atoms with Gasteiger partial charge in [0.25, 0.3) is 0 Å². The molecule has 0 aliphatic carbocycles. The molecule has 0 aromatic heterocycles. The highest BCUT2D eigenvalue weighted by Gasteiger charge is 2.16. The van der Waals surface area contributed by atoms with Gasteiger partial charge in [-0.15, -0.1) is 0 Å². The lowest BCUT2D eigenvalue weighted by Gasteiger charge is -2.21. The van der Waals surface area contributed by atoms with Crippen molar-refractivity contribution in [1.29, 1.82) is 0 Å². The summed E-state index contributed by atoms with van der Waals surface area (Å²) in [6, 6.07) is 0. The number of aliphatic hydroxyl groups is 1. The maximum Gasteiger partial charge on any atom is 0.221 e. The molecule has 0 aliphatic rings. The number of rotatable bonds is 9. The van der Waals surface area contributed by atoms with Gasteiger partial charge in [0.15, 0.2) is 0 Å². The van der Waals surface area contributed by atoms with Crippen LogP contribution in [0.3, 0.4) is 0 Å². The molecule has 0 saturated carbocycles. The molecule has 5 nitrogen and oxygen atoms in total. The summed E-state index contributed by atoms with van der Waals surface area (Å²) in [5.41, 5.74) is -0.688. The number of carbonyl (C=O) groups excluding carboxylic acids is 1. The van der Waals surface area contributed by atoms with Crippen molar-refractivity contribution in [1.82, 2.24) is 10.6 Å². The van der Waals surface area contributed by atoms with Crippen molar-refractivity contribution in [2.75, 3.05) is 33.4 Å². The van der Waals surface area contributed by atoms with Crippen LogP contribution < -0.4 is 10.6 Å². The number of ether oxygens (including phenoxy) is 1. The first-order chi connectivity index (χ1) is 7.52. The molecule has 0 radical (unpaired) electrons. The van der Waals surface area contributed by atoms with Gasteiger partial charge in [-0.25, -0.2) is 0 Å². The predicted octanol–water partition coefficient (Wildman–Crippen LogP) is -0.110. The molecule has 1 amide bonds. The summed E-state index contributed by atoms with van der Waals surface area (Å²) in [4.78, 5) is 11.2. The minimum absolute atomic E-state index is 0.000640. The first-order valence-corrected chi connectivity index (χ1v) is 5.70. The maximum absolute atomic E-state index is 11.2. The first kappa shape index (κ1) is 15.3. The SMILES string of the molecule is CCC(C)(O)CNCCC(=O)NCCOC. The second-order valence-electron chi connectivity index (χ2n) is 4.12. The third-order valence-electron chi connectivity index (χ3n) is 2.42. The normalized spacial score (nSPS) is 14.5. The van der Waals surface area contributed by atoms with Crippen LogP contribution in [0, 0.1) is 0 Å². The molecule has 0 saturated heterocycles. The highest BCUT2D eigenvalue weighted by atomic mass is 16.5. The highest BCUT2D eigenvalue weighted by molar-refractivity contribution is 5.75. The van der Waals surface area contributed by atoms with Crippen LogP contribution in [0.1, 0.15) is 26.7 Å². The Balaban J connectivity index is 3.41. The molecule has 0 aromatic carbocycles. The molecule has 3 N–H and O–H groups in total. The zero-order valence-corrected chi connectivity index (χ0v) is 10.5.